The van der Waals surface area contributed by atoms with Crippen LogP contribution < -0.4 is 5.73 Å². The lowest BCUT2D eigenvalue weighted by Crippen LogP contribution is -2.24. The number of carbonyl (C=O) groups is 1. The van der Waals surface area contributed by atoms with Crippen LogP contribution in [0.1, 0.15) is 18.9 Å². The molecule has 15 heavy (non-hydrogen) atoms. The quantitative estimate of drug-likeness (QED) is 0.789. The van der Waals surface area contributed by atoms with Crippen LogP contribution in [0.4, 0.5) is 0 Å². The molecule has 0 bridgehead atoms. The van der Waals surface area contributed by atoms with Crippen LogP contribution in [0.15, 0.2) is 35.9 Å². The largest absolute Gasteiger partial charge is 0.481 e. The van der Waals surface area contributed by atoms with Gasteiger partial charge in [0.15, 0.2) is 0 Å². The predicted molar refractivity (Wildman–Crippen MR) is 60.3 cm³/mol. The van der Waals surface area contributed by atoms with Gasteiger partial charge >= 0.3 is 5.97 Å². The summed E-state index contributed by atoms with van der Waals surface area (Å²) in [5.74, 6) is -0.872. The molecule has 1 atom stereocenters. The summed E-state index contributed by atoms with van der Waals surface area (Å²) in [5.41, 5.74) is 7.63. The van der Waals surface area contributed by atoms with E-state index in [-0.39, 0.29) is 6.42 Å². The second-order valence-electron chi connectivity index (χ2n) is 3.50. The van der Waals surface area contributed by atoms with E-state index in [2.05, 4.69) is 0 Å². The maximum Gasteiger partial charge on any atom is 0.305 e. The summed E-state index contributed by atoms with van der Waals surface area (Å²) in [6.07, 6.45) is 1.88. The summed E-state index contributed by atoms with van der Waals surface area (Å²) in [6, 6.07) is 9.30. The van der Waals surface area contributed by atoms with Crippen LogP contribution in [0.5, 0.6) is 0 Å². The summed E-state index contributed by atoms with van der Waals surface area (Å²) < 4.78 is 0. The predicted octanol–water partition coefficient (Wildman–Crippen LogP) is 1.89. The van der Waals surface area contributed by atoms with Gasteiger partial charge in [-0.3, -0.25) is 4.79 Å². The highest BCUT2D eigenvalue weighted by Crippen LogP contribution is 2.10. The lowest BCUT2D eigenvalue weighted by molar-refractivity contribution is -0.137. The molecule has 0 amide bonds. The zero-order valence-corrected chi connectivity index (χ0v) is 8.68. The van der Waals surface area contributed by atoms with Crippen molar-refractivity contribution in [1.29, 1.82) is 0 Å². The van der Waals surface area contributed by atoms with E-state index in [9.17, 15) is 4.79 Å². The number of rotatable bonds is 4. The number of aliphatic carboxylic acids is 1. The standard InChI is InChI=1S/C12H15NO2/c1-9(11(13)8-12(14)15)7-10-5-3-2-4-6-10/h2-7,11H,8,13H2,1H3,(H,14,15)/b9-7+. The number of hydrogen-bond acceptors (Lipinski definition) is 2. The van der Waals surface area contributed by atoms with E-state index in [1.54, 1.807) is 0 Å². The van der Waals surface area contributed by atoms with E-state index in [4.69, 9.17) is 10.8 Å². The first kappa shape index (κ1) is 11.5. The van der Waals surface area contributed by atoms with Gasteiger partial charge in [0.05, 0.1) is 6.42 Å². The first-order valence-corrected chi connectivity index (χ1v) is 4.80. The number of carboxylic acids is 1. The topological polar surface area (TPSA) is 63.3 Å². The molecule has 0 aliphatic heterocycles. The van der Waals surface area contributed by atoms with Crippen molar-refractivity contribution < 1.29 is 9.90 Å². The molecule has 1 unspecified atom stereocenters. The second-order valence-corrected chi connectivity index (χ2v) is 3.50. The van der Waals surface area contributed by atoms with Gasteiger partial charge in [-0.25, -0.2) is 0 Å². The molecule has 3 N–H and O–H groups in total. The Morgan fingerprint density at radius 3 is 2.60 bits per heavy atom. The van der Waals surface area contributed by atoms with Crippen LogP contribution in [0.3, 0.4) is 0 Å². The fourth-order valence-corrected chi connectivity index (χ4v) is 1.27. The fourth-order valence-electron chi connectivity index (χ4n) is 1.27. The van der Waals surface area contributed by atoms with Crippen molar-refractivity contribution in [3.63, 3.8) is 0 Å². The molecule has 1 rings (SSSR count). The van der Waals surface area contributed by atoms with Crippen molar-refractivity contribution >= 4 is 12.0 Å². The molecule has 3 nitrogen and oxygen atoms in total. The Balaban J connectivity index is 2.71. The number of benzene rings is 1. The minimum absolute atomic E-state index is 0.0326. The number of nitrogens with two attached hydrogens (primary N) is 1. The summed E-state index contributed by atoms with van der Waals surface area (Å²) >= 11 is 0. The monoisotopic (exact) mass is 205 g/mol. The van der Waals surface area contributed by atoms with Gasteiger partial charge < -0.3 is 10.8 Å². The molecule has 0 heterocycles. The summed E-state index contributed by atoms with van der Waals surface area (Å²) in [6.45, 7) is 1.85. The molecular formula is C12H15NO2. The van der Waals surface area contributed by atoms with E-state index in [0.29, 0.717) is 0 Å². The van der Waals surface area contributed by atoms with E-state index < -0.39 is 12.0 Å². The highest BCUT2D eigenvalue weighted by atomic mass is 16.4. The molecule has 3 heteroatoms. The number of hydrogen-bond donors (Lipinski definition) is 2. The fraction of sp³-hybridized carbons (Fsp3) is 0.250. The minimum atomic E-state index is -0.872. The first-order chi connectivity index (χ1) is 7.09. The SMILES string of the molecule is C/C(=C\c1ccccc1)C(N)CC(=O)O. The number of carboxylic acid groups (broad SMARTS) is 1. The van der Waals surface area contributed by atoms with Crippen LogP contribution in [0.2, 0.25) is 0 Å². The van der Waals surface area contributed by atoms with E-state index in [1.807, 2.05) is 43.3 Å². The van der Waals surface area contributed by atoms with Crippen LogP contribution in [0.25, 0.3) is 6.08 Å². The molecule has 0 saturated heterocycles. The van der Waals surface area contributed by atoms with E-state index >= 15 is 0 Å². The maximum absolute atomic E-state index is 10.5. The minimum Gasteiger partial charge on any atom is -0.481 e. The summed E-state index contributed by atoms with van der Waals surface area (Å²) in [7, 11) is 0. The van der Waals surface area contributed by atoms with Gasteiger partial charge in [-0.15, -0.1) is 0 Å². The van der Waals surface area contributed by atoms with Crippen molar-refractivity contribution in [3.8, 4) is 0 Å². The molecule has 0 aliphatic rings. The van der Waals surface area contributed by atoms with Gasteiger partial charge in [0.2, 0.25) is 0 Å². The van der Waals surface area contributed by atoms with Gasteiger partial charge in [-0.05, 0) is 12.5 Å². The normalized spacial score (nSPS) is 13.6. The Hall–Kier alpha value is -1.61. The third kappa shape index (κ3) is 3.95. The highest BCUT2D eigenvalue weighted by Gasteiger charge is 2.09. The molecular weight excluding hydrogens is 190 g/mol. The van der Waals surface area contributed by atoms with E-state index in [0.717, 1.165) is 11.1 Å². The molecule has 0 aliphatic carbocycles. The molecule has 0 fully saturated rings. The Morgan fingerprint density at radius 2 is 2.07 bits per heavy atom. The molecule has 80 valence electrons. The Morgan fingerprint density at radius 1 is 1.47 bits per heavy atom. The smallest absolute Gasteiger partial charge is 0.305 e. The average Bonchev–Trinajstić information content (AvgIpc) is 2.18. The Labute approximate surface area is 89.2 Å². The Kier molecular flexibility index (Phi) is 4.06. The zero-order chi connectivity index (χ0) is 11.3. The van der Waals surface area contributed by atoms with Gasteiger partial charge in [0, 0.05) is 6.04 Å². The van der Waals surface area contributed by atoms with Gasteiger partial charge in [0.1, 0.15) is 0 Å². The van der Waals surface area contributed by atoms with Crippen LogP contribution in [-0.4, -0.2) is 17.1 Å². The molecule has 0 saturated carbocycles. The average molecular weight is 205 g/mol. The third-order valence-corrected chi connectivity index (χ3v) is 2.17. The molecule has 0 spiro atoms. The summed E-state index contributed by atoms with van der Waals surface area (Å²) in [5, 5.41) is 8.59. The third-order valence-electron chi connectivity index (χ3n) is 2.17. The maximum atomic E-state index is 10.5. The Bertz CT molecular complexity index is 357. The van der Waals surface area contributed by atoms with Crippen molar-refractivity contribution in [2.75, 3.05) is 0 Å². The molecule has 0 radical (unpaired) electrons. The second kappa shape index (κ2) is 5.32. The van der Waals surface area contributed by atoms with Crippen molar-refractivity contribution in [3.05, 3.63) is 41.5 Å². The highest BCUT2D eigenvalue weighted by molar-refractivity contribution is 5.69. The van der Waals surface area contributed by atoms with Gasteiger partial charge in [-0.1, -0.05) is 42.0 Å². The molecule has 1 aromatic carbocycles. The molecule has 0 aromatic heterocycles. The van der Waals surface area contributed by atoms with Gasteiger partial charge in [0.25, 0.3) is 0 Å². The van der Waals surface area contributed by atoms with Crippen molar-refractivity contribution in [1.82, 2.24) is 0 Å². The lowest BCUT2D eigenvalue weighted by Gasteiger charge is -2.09. The van der Waals surface area contributed by atoms with Crippen LogP contribution in [0, 0.1) is 0 Å². The summed E-state index contributed by atoms with van der Waals surface area (Å²) in [4.78, 5) is 10.5. The first-order valence-electron chi connectivity index (χ1n) is 4.80. The van der Waals surface area contributed by atoms with Gasteiger partial charge in [-0.2, -0.15) is 0 Å². The molecule has 1 aromatic rings. The van der Waals surface area contributed by atoms with Crippen LogP contribution in [-0.2, 0) is 4.79 Å². The van der Waals surface area contributed by atoms with Crippen LogP contribution >= 0.6 is 0 Å². The van der Waals surface area contributed by atoms with Crippen molar-refractivity contribution in [2.45, 2.75) is 19.4 Å². The zero-order valence-electron chi connectivity index (χ0n) is 8.68. The van der Waals surface area contributed by atoms with E-state index in [1.165, 1.54) is 0 Å². The lowest BCUT2D eigenvalue weighted by atomic mass is 10.0. The van der Waals surface area contributed by atoms with Crippen molar-refractivity contribution in [2.24, 2.45) is 5.73 Å².